The topological polar surface area (TPSA) is 79.0 Å². The van der Waals surface area contributed by atoms with Gasteiger partial charge in [0.2, 0.25) is 11.5 Å². The van der Waals surface area contributed by atoms with E-state index in [1.54, 1.807) is 6.07 Å². The maximum absolute atomic E-state index is 13.7. The number of alkyl halides is 3. The van der Waals surface area contributed by atoms with Gasteiger partial charge in [-0.05, 0) is 86.3 Å². The number of nitrogens with one attached hydrogen (secondary N) is 1. The highest BCUT2D eigenvalue weighted by atomic mass is 19.4. The molecule has 0 aromatic heterocycles. The van der Waals surface area contributed by atoms with Crippen LogP contribution in [-0.4, -0.2) is 52.5 Å². The standard InChI is InChI=1S/C34H39F4N3O4/c1-21(34(36,37)38)40(19-22-6-10-26(35)11-7-22)30(42)20-41-31(43)33(45-32(41)44)17-16-25-18-28(14-15-29(25)33)39-27-12-8-24(9-13-27)23-4-2-3-5-23/h6-7,10-11,14-15,18,21,23-24,27,39H,2-5,8-9,12-13,16-17,19-20H2,1H3/t21-,24?,27?,33+/m0/s1. The van der Waals surface area contributed by atoms with Crippen LogP contribution in [0, 0.1) is 17.7 Å². The third kappa shape index (κ3) is 6.27. The van der Waals surface area contributed by atoms with Crippen LogP contribution in [0.25, 0.3) is 0 Å². The van der Waals surface area contributed by atoms with Crippen LogP contribution >= 0.6 is 0 Å². The van der Waals surface area contributed by atoms with Gasteiger partial charge < -0.3 is 15.0 Å². The van der Waals surface area contributed by atoms with E-state index in [0.29, 0.717) is 27.8 Å². The van der Waals surface area contributed by atoms with Crippen LogP contribution in [0.5, 0.6) is 0 Å². The van der Waals surface area contributed by atoms with Gasteiger partial charge in [-0.1, -0.05) is 43.9 Å². The van der Waals surface area contributed by atoms with Gasteiger partial charge in [0.1, 0.15) is 18.4 Å². The average Bonchev–Trinajstić information content (AvgIpc) is 3.73. The SMILES string of the molecule is C[C@H](N(Cc1ccc(F)cc1)C(=O)CN1C(=O)O[C@@]2(CCc3cc(NC4CCC(C5CCCC5)CC4)ccc32)C1=O)C(F)(F)F. The Labute approximate surface area is 260 Å². The highest BCUT2D eigenvalue weighted by molar-refractivity contribution is 6.06. The number of benzene rings is 2. The highest BCUT2D eigenvalue weighted by Gasteiger charge is 2.58. The molecule has 45 heavy (non-hydrogen) atoms. The van der Waals surface area contributed by atoms with Gasteiger partial charge in [-0.3, -0.25) is 9.59 Å². The van der Waals surface area contributed by atoms with E-state index in [9.17, 15) is 31.9 Å². The van der Waals surface area contributed by atoms with Crippen molar-refractivity contribution in [2.45, 2.75) is 102 Å². The van der Waals surface area contributed by atoms with Crippen molar-refractivity contribution in [2.75, 3.05) is 11.9 Å². The number of nitrogens with zero attached hydrogens (tertiary/aromatic N) is 2. The highest BCUT2D eigenvalue weighted by Crippen LogP contribution is 2.46. The molecule has 0 bridgehead atoms. The molecule has 3 fully saturated rings. The molecule has 242 valence electrons. The molecule has 2 saturated carbocycles. The van der Waals surface area contributed by atoms with Gasteiger partial charge >= 0.3 is 12.3 Å². The summed E-state index contributed by atoms with van der Waals surface area (Å²) in [5.74, 6) is -0.693. The second kappa shape index (κ2) is 12.3. The molecule has 3 amide bonds. The Kier molecular flexibility index (Phi) is 8.56. The number of carbonyl (C=O) groups excluding carboxylic acids is 3. The Hall–Kier alpha value is -3.63. The summed E-state index contributed by atoms with van der Waals surface area (Å²) in [5.41, 5.74) is 0.998. The Bertz CT molecular complexity index is 1430. The van der Waals surface area contributed by atoms with E-state index < -0.39 is 54.6 Å². The molecule has 3 aliphatic carbocycles. The zero-order chi connectivity index (χ0) is 31.9. The van der Waals surface area contributed by atoms with Gasteiger partial charge in [0.15, 0.2) is 0 Å². The molecule has 2 aromatic carbocycles. The lowest BCUT2D eigenvalue weighted by Gasteiger charge is -2.33. The normalized spacial score (nSPS) is 25.8. The molecule has 4 aliphatic rings. The molecule has 1 aliphatic heterocycles. The fourth-order valence-corrected chi connectivity index (χ4v) is 7.77. The molecule has 0 unspecified atom stereocenters. The van der Waals surface area contributed by atoms with Gasteiger partial charge in [-0.25, -0.2) is 14.1 Å². The lowest BCUT2D eigenvalue weighted by atomic mass is 9.77. The Balaban J connectivity index is 1.13. The number of hydrogen-bond donors (Lipinski definition) is 1. The summed E-state index contributed by atoms with van der Waals surface area (Å²) < 4.78 is 60.2. The Morgan fingerprint density at radius 1 is 1.02 bits per heavy atom. The zero-order valence-corrected chi connectivity index (χ0v) is 25.4. The lowest BCUT2D eigenvalue weighted by molar-refractivity contribution is -0.187. The number of fused-ring (bicyclic) bond motifs is 2. The van der Waals surface area contributed by atoms with Crippen LogP contribution in [0.3, 0.4) is 0 Å². The quantitative estimate of drug-likeness (QED) is 0.316. The van der Waals surface area contributed by atoms with Gasteiger partial charge in [-0.15, -0.1) is 0 Å². The zero-order valence-electron chi connectivity index (χ0n) is 25.4. The lowest BCUT2D eigenvalue weighted by Crippen LogP contribution is -2.51. The summed E-state index contributed by atoms with van der Waals surface area (Å²) in [6, 6.07) is 8.53. The van der Waals surface area contributed by atoms with Gasteiger partial charge in [0.05, 0.1) is 0 Å². The van der Waals surface area contributed by atoms with Crippen molar-refractivity contribution in [1.29, 1.82) is 0 Å². The van der Waals surface area contributed by atoms with Gasteiger partial charge in [0, 0.05) is 30.3 Å². The monoisotopic (exact) mass is 629 g/mol. The second-order valence-electron chi connectivity index (χ2n) is 13.1. The molecular formula is C34H39F4N3O4. The summed E-state index contributed by atoms with van der Waals surface area (Å²) in [6.45, 7) is -0.560. The smallest absolute Gasteiger partial charge is 0.418 e. The van der Waals surface area contributed by atoms with Crippen LogP contribution in [0.1, 0.15) is 81.4 Å². The number of imide groups is 1. The second-order valence-corrected chi connectivity index (χ2v) is 13.1. The van der Waals surface area contributed by atoms with Crippen molar-refractivity contribution < 1.29 is 36.7 Å². The summed E-state index contributed by atoms with van der Waals surface area (Å²) in [4.78, 5) is 41.1. The first-order valence-electron chi connectivity index (χ1n) is 16.0. The molecule has 0 radical (unpaired) electrons. The van der Waals surface area contributed by atoms with Crippen molar-refractivity contribution >= 4 is 23.6 Å². The van der Waals surface area contributed by atoms with E-state index in [-0.39, 0.29) is 12.0 Å². The summed E-state index contributed by atoms with van der Waals surface area (Å²) in [5, 5.41) is 3.65. The van der Waals surface area contributed by atoms with Crippen molar-refractivity contribution in [3.8, 4) is 0 Å². The summed E-state index contributed by atoms with van der Waals surface area (Å²) >= 11 is 0. The molecule has 1 spiro atoms. The number of hydrogen-bond acceptors (Lipinski definition) is 5. The number of amides is 3. The molecule has 1 heterocycles. The third-order valence-corrected chi connectivity index (χ3v) is 10.4. The molecule has 1 saturated heterocycles. The molecular weight excluding hydrogens is 590 g/mol. The fourth-order valence-electron chi connectivity index (χ4n) is 7.77. The number of halogens is 4. The molecule has 1 N–H and O–H groups in total. The van der Waals surface area contributed by atoms with Crippen molar-refractivity contribution in [1.82, 2.24) is 9.80 Å². The van der Waals surface area contributed by atoms with E-state index in [4.69, 9.17) is 4.74 Å². The van der Waals surface area contributed by atoms with Crippen LogP contribution in [-0.2, 0) is 32.9 Å². The predicted molar refractivity (Wildman–Crippen MR) is 158 cm³/mol. The Morgan fingerprint density at radius 3 is 2.36 bits per heavy atom. The first-order chi connectivity index (χ1) is 21.4. The maximum Gasteiger partial charge on any atom is 0.418 e. The number of aryl methyl sites for hydroxylation is 1. The molecule has 6 rings (SSSR count). The van der Waals surface area contributed by atoms with Crippen LogP contribution < -0.4 is 5.32 Å². The molecule has 2 aromatic rings. The molecule has 2 atom stereocenters. The van der Waals surface area contributed by atoms with Gasteiger partial charge in [-0.2, -0.15) is 13.2 Å². The minimum absolute atomic E-state index is 0.186. The van der Waals surface area contributed by atoms with Gasteiger partial charge in [0.25, 0.3) is 5.91 Å². The Morgan fingerprint density at radius 2 is 1.69 bits per heavy atom. The molecule has 7 nitrogen and oxygen atoms in total. The van der Waals surface area contributed by atoms with Crippen LogP contribution in [0.4, 0.5) is 28.0 Å². The predicted octanol–water partition coefficient (Wildman–Crippen LogP) is 7.09. The van der Waals surface area contributed by atoms with E-state index in [0.717, 1.165) is 55.0 Å². The van der Waals surface area contributed by atoms with E-state index in [1.807, 2.05) is 12.1 Å². The minimum atomic E-state index is -4.77. The van der Waals surface area contributed by atoms with Crippen LogP contribution in [0.15, 0.2) is 42.5 Å². The van der Waals surface area contributed by atoms with Crippen molar-refractivity contribution in [2.24, 2.45) is 11.8 Å². The number of carbonyl (C=O) groups is 3. The first kappa shape index (κ1) is 31.4. The van der Waals surface area contributed by atoms with Crippen LogP contribution in [0.2, 0.25) is 0 Å². The maximum atomic E-state index is 13.7. The van der Waals surface area contributed by atoms with E-state index in [1.165, 1.54) is 50.7 Å². The number of ether oxygens (including phenoxy) is 1. The van der Waals surface area contributed by atoms with E-state index >= 15 is 0 Å². The summed E-state index contributed by atoms with van der Waals surface area (Å²) in [7, 11) is 0. The fraction of sp³-hybridized carbons (Fsp3) is 0.559. The number of rotatable bonds is 8. The van der Waals surface area contributed by atoms with Crippen molar-refractivity contribution in [3.05, 3.63) is 65.0 Å². The first-order valence-corrected chi connectivity index (χ1v) is 16.0. The van der Waals surface area contributed by atoms with E-state index in [2.05, 4.69) is 5.32 Å². The third-order valence-electron chi connectivity index (χ3n) is 10.4. The number of anilines is 1. The summed E-state index contributed by atoms with van der Waals surface area (Å²) in [6.07, 6.45) is 4.98. The molecule has 11 heteroatoms. The average molecular weight is 630 g/mol. The largest absolute Gasteiger partial charge is 0.427 e. The van der Waals surface area contributed by atoms with Crippen molar-refractivity contribution in [3.63, 3.8) is 0 Å². The minimum Gasteiger partial charge on any atom is -0.427 e.